The molecule has 0 saturated carbocycles. The molecule has 0 bridgehead atoms. The molecule has 4 nitrogen and oxygen atoms in total. The second-order valence-corrected chi connectivity index (χ2v) is 7.06. The predicted molar refractivity (Wildman–Crippen MR) is 77.1 cm³/mol. The molecular weight excluding hydrogens is 330 g/mol. The molecule has 1 aromatic rings. The highest BCUT2D eigenvalue weighted by molar-refractivity contribution is 9.10. The van der Waals surface area contributed by atoms with E-state index in [1.165, 1.54) is 11.3 Å². The third kappa shape index (κ3) is 3.00. The van der Waals surface area contributed by atoms with Crippen LogP contribution in [0.15, 0.2) is 15.9 Å². The molecule has 0 aromatic carbocycles. The van der Waals surface area contributed by atoms with Gasteiger partial charge in [-0.25, -0.2) is 0 Å². The molecule has 6 heteroatoms. The van der Waals surface area contributed by atoms with E-state index in [1.54, 1.807) is 4.90 Å². The van der Waals surface area contributed by atoms with Crippen LogP contribution < -0.4 is 0 Å². The van der Waals surface area contributed by atoms with Gasteiger partial charge in [0.15, 0.2) is 0 Å². The van der Waals surface area contributed by atoms with Crippen molar-refractivity contribution in [3.63, 3.8) is 0 Å². The molecule has 1 aromatic heterocycles. The summed E-state index contributed by atoms with van der Waals surface area (Å²) in [5.74, 6) is -1.27. The van der Waals surface area contributed by atoms with Crippen LogP contribution in [-0.4, -0.2) is 28.4 Å². The molecule has 2 atom stereocenters. The molecule has 1 saturated heterocycles. The number of carbonyl (C=O) groups excluding carboxylic acids is 1. The van der Waals surface area contributed by atoms with E-state index < -0.39 is 11.9 Å². The zero-order valence-electron chi connectivity index (χ0n) is 10.8. The van der Waals surface area contributed by atoms with Crippen LogP contribution >= 0.6 is 27.3 Å². The number of rotatable bonds is 4. The van der Waals surface area contributed by atoms with Gasteiger partial charge in [-0.3, -0.25) is 9.59 Å². The van der Waals surface area contributed by atoms with Crippen molar-refractivity contribution in [3.05, 3.63) is 20.8 Å². The number of nitrogens with zero attached hydrogens (tertiary/aromatic N) is 1. The van der Waals surface area contributed by atoms with Gasteiger partial charge >= 0.3 is 5.97 Å². The van der Waals surface area contributed by atoms with Crippen molar-refractivity contribution in [2.45, 2.75) is 26.3 Å². The summed E-state index contributed by atoms with van der Waals surface area (Å²) in [6.45, 7) is 4.66. The highest BCUT2D eigenvalue weighted by atomic mass is 79.9. The molecule has 2 rings (SSSR count). The summed E-state index contributed by atoms with van der Waals surface area (Å²) in [6, 6.07) is 1.58. The molecule has 0 spiro atoms. The lowest BCUT2D eigenvalue weighted by Gasteiger charge is -2.27. The van der Waals surface area contributed by atoms with E-state index in [2.05, 4.69) is 15.9 Å². The van der Waals surface area contributed by atoms with Crippen molar-refractivity contribution < 1.29 is 14.7 Å². The highest BCUT2D eigenvalue weighted by Gasteiger charge is 2.45. The number of aliphatic carboxylic acids is 1. The summed E-state index contributed by atoms with van der Waals surface area (Å²) in [6.07, 6.45) is 0.0994. The van der Waals surface area contributed by atoms with Crippen molar-refractivity contribution in [1.82, 2.24) is 4.90 Å². The summed E-state index contributed by atoms with van der Waals surface area (Å²) in [7, 11) is 0. The Bertz CT molecular complexity index is 500. The summed E-state index contributed by atoms with van der Waals surface area (Å²) < 4.78 is 0.931. The monoisotopic (exact) mass is 345 g/mol. The van der Waals surface area contributed by atoms with Crippen LogP contribution in [0.25, 0.3) is 0 Å². The lowest BCUT2D eigenvalue weighted by atomic mass is 9.99. The van der Waals surface area contributed by atoms with Crippen LogP contribution in [0.4, 0.5) is 0 Å². The van der Waals surface area contributed by atoms with Gasteiger partial charge in [0.2, 0.25) is 5.91 Å². The first kappa shape index (κ1) is 14.5. The maximum atomic E-state index is 12.1. The highest BCUT2D eigenvalue weighted by Crippen LogP contribution is 2.41. The number of hydrogen-bond donors (Lipinski definition) is 1. The molecule has 1 N–H and O–H groups in total. The molecule has 2 unspecified atom stereocenters. The third-order valence-corrected chi connectivity index (χ3v) is 4.95. The summed E-state index contributed by atoms with van der Waals surface area (Å²) in [4.78, 5) is 26.1. The average molecular weight is 346 g/mol. The Labute approximate surface area is 124 Å². The lowest BCUT2D eigenvalue weighted by Crippen LogP contribution is -2.33. The van der Waals surface area contributed by atoms with Gasteiger partial charge in [-0.2, -0.15) is 0 Å². The molecule has 1 amide bonds. The van der Waals surface area contributed by atoms with E-state index in [1.807, 2.05) is 25.3 Å². The Kier molecular flexibility index (Phi) is 4.30. The van der Waals surface area contributed by atoms with Crippen LogP contribution in [0.5, 0.6) is 0 Å². The number of halogens is 1. The Morgan fingerprint density at radius 2 is 2.32 bits per heavy atom. The fraction of sp³-hybridized carbons (Fsp3) is 0.538. The molecular formula is C13H16BrNO3S. The number of carboxylic acids is 1. The molecule has 0 radical (unpaired) electrons. The molecule has 1 aliphatic heterocycles. The largest absolute Gasteiger partial charge is 0.481 e. The number of likely N-dealkylation sites (tertiary alicyclic amines) is 1. The number of carboxylic acid groups (broad SMARTS) is 1. The van der Waals surface area contributed by atoms with Gasteiger partial charge in [0, 0.05) is 27.7 Å². The van der Waals surface area contributed by atoms with Crippen LogP contribution in [0.2, 0.25) is 0 Å². The van der Waals surface area contributed by atoms with Crippen molar-refractivity contribution in [2.24, 2.45) is 11.8 Å². The zero-order chi connectivity index (χ0) is 14.2. The number of amides is 1. The van der Waals surface area contributed by atoms with Crippen LogP contribution in [0, 0.1) is 11.8 Å². The van der Waals surface area contributed by atoms with Crippen LogP contribution in [0.3, 0.4) is 0 Å². The van der Waals surface area contributed by atoms with E-state index in [0.717, 1.165) is 9.35 Å². The first-order valence-corrected chi connectivity index (χ1v) is 7.83. The second kappa shape index (κ2) is 5.63. The van der Waals surface area contributed by atoms with Crippen LogP contribution in [-0.2, 0) is 9.59 Å². The number of hydrogen-bond acceptors (Lipinski definition) is 3. The van der Waals surface area contributed by atoms with Crippen LogP contribution in [0.1, 0.15) is 31.2 Å². The zero-order valence-corrected chi connectivity index (χ0v) is 13.2. The summed E-state index contributed by atoms with van der Waals surface area (Å²) >= 11 is 4.88. The Balaban J connectivity index is 2.35. The maximum absolute atomic E-state index is 12.1. The van der Waals surface area contributed by atoms with Crippen molar-refractivity contribution in [2.75, 3.05) is 6.54 Å². The topological polar surface area (TPSA) is 57.6 Å². The minimum Gasteiger partial charge on any atom is -0.481 e. The number of carbonyl (C=O) groups is 2. The van der Waals surface area contributed by atoms with Crippen molar-refractivity contribution in [1.29, 1.82) is 0 Å². The normalized spacial score (nSPS) is 23.4. The SMILES string of the molecule is CC(C)CN1C(=O)CC(C(=O)O)C1c1cc(Br)cs1. The second-order valence-electron chi connectivity index (χ2n) is 5.20. The van der Waals surface area contributed by atoms with E-state index in [0.29, 0.717) is 12.5 Å². The quantitative estimate of drug-likeness (QED) is 0.911. The fourth-order valence-electron chi connectivity index (χ4n) is 2.46. The summed E-state index contributed by atoms with van der Waals surface area (Å²) in [5.41, 5.74) is 0. The van der Waals surface area contributed by atoms with Gasteiger partial charge < -0.3 is 10.0 Å². The van der Waals surface area contributed by atoms with Gasteiger partial charge in [-0.05, 0) is 27.9 Å². The first-order chi connectivity index (χ1) is 8.90. The third-order valence-electron chi connectivity index (χ3n) is 3.19. The summed E-state index contributed by atoms with van der Waals surface area (Å²) in [5, 5.41) is 11.3. The van der Waals surface area contributed by atoms with Gasteiger partial charge in [0.1, 0.15) is 0 Å². The molecule has 2 heterocycles. The van der Waals surface area contributed by atoms with E-state index in [9.17, 15) is 14.7 Å². The molecule has 0 aliphatic carbocycles. The standard InChI is InChI=1S/C13H16BrNO3S/c1-7(2)5-15-11(16)4-9(13(17)18)12(15)10-3-8(14)6-19-10/h3,6-7,9,12H,4-5H2,1-2H3,(H,17,18). The van der Waals surface area contributed by atoms with Crippen molar-refractivity contribution >= 4 is 39.1 Å². The Hall–Kier alpha value is -0.880. The minimum absolute atomic E-state index is 0.0596. The average Bonchev–Trinajstić information content (AvgIpc) is 2.84. The first-order valence-electron chi connectivity index (χ1n) is 6.16. The van der Waals surface area contributed by atoms with Gasteiger partial charge in [0.05, 0.1) is 12.0 Å². The van der Waals surface area contributed by atoms with Gasteiger partial charge in [0.25, 0.3) is 0 Å². The van der Waals surface area contributed by atoms with E-state index >= 15 is 0 Å². The minimum atomic E-state index is -0.894. The predicted octanol–water partition coefficient (Wildman–Crippen LogP) is 3.14. The Morgan fingerprint density at radius 3 is 2.79 bits per heavy atom. The lowest BCUT2D eigenvalue weighted by molar-refractivity contribution is -0.142. The molecule has 1 aliphatic rings. The van der Waals surface area contributed by atoms with Gasteiger partial charge in [-0.15, -0.1) is 11.3 Å². The number of thiophene rings is 1. The van der Waals surface area contributed by atoms with E-state index in [-0.39, 0.29) is 18.4 Å². The van der Waals surface area contributed by atoms with Crippen molar-refractivity contribution in [3.8, 4) is 0 Å². The molecule has 104 valence electrons. The van der Waals surface area contributed by atoms with Gasteiger partial charge in [-0.1, -0.05) is 13.8 Å². The Morgan fingerprint density at radius 1 is 1.63 bits per heavy atom. The smallest absolute Gasteiger partial charge is 0.309 e. The molecule has 19 heavy (non-hydrogen) atoms. The molecule has 1 fully saturated rings. The fourth-order valence-corrected chi connectivity index (χ4v) is 4.08. The maximum Gasteiger partial charge on any atom is 0.309 e. The van der Waals surface area contributed by atoms with E-state index in [4.69, 9.17) is 0 Å².